The van der Waals surface area contributed by atoms with Crippen molar-refractivity contribution in [3.05, 3.63) is 77.5 Å². The summed E-state index contributed by atoms with van der Waals surface area (Å²) in [7, 11) is 2.01. The zero-order valence-corrected chi connectivity index (χ0v) is 15.1. The van der Waals surface area contributed by atoms with Crippen molar-refractivity contribution in [3.8, 4) is 0 Å². The fourth-order valence-corrected chi connectivity index (χ4v) is 2.79. The van der Waals surface area contributed by atoms with Crippen LogP contribution in [-0.4, -0.2) is 23.5 Å². The second kappa shape index (κ2) is 8.43. The van der Waals surface area contributed by atoms with Crippen molar-refractivity contribution in [2.75, 3.05) is 13.6 Å². The minimum atomic E-state index is -4.29. The molecule has 0 aliphatic heterocycles. The SMILES string of the molecule is CN(C/C=C/c1ccc(C(F)(F)F)cc1)Cc1cccc2cc[nH]c12.Cl. The van der Waals surface area contributed by atoms with Gasteiger partial charge in [-0.05, 0) is 41.8 Å². The van der Waals surface area contributed by atoms with Crippen LogP contribution >= 0.6 is 12.4 Å². The minimum absolute atomic E-state index is 0. The molecule has 2 aromatic carbocycles. The number of likely N-dealkylation sites (N-methyl/N-ethyl adjacent to an activating group) is 1. The van der Waals surface area contributed by atoms with Gasteiger partial charge in [0.05, 0.1) is 5.56 Å². The number of nitrogens with one attached hydrogen (secondary N) is 1. The lowest BCUT2D eigenvalue weighted by molar-refractivity contribution is -0.137. The predicted octanol–water partition coefficient (Wildman–Crippen LogP) is 5.75. The van der Waals surface area contributed by atoms with Gasteiger partial charge in [0.2, 0.25) is 0 Å². The molecule has 0 atom stereocenters. The fraction of sp³-hybridized carbons (Fsp3) is 0.200. The molecule has 0 fully saturated rings. The third-order valence-corrected chi connectivity index (χ3v) is 4.08. The Morgan fingerprint density at radius 1 is 1.04 bits per heavy atom. The highest BCUT2D eigenvalue weighted by Gasteiger charge is 2.29. The molecular formula is C20H20ClF3N2. The first kappa shape index (κ1) is 20.1. The largest absolute Gasteiger partial charge is 0.416 e. The maximum absolute atomic E-state index is 12.5. The minimum Gasteiger partial charge on any atom is -0.361 e. The zero-order valence-electron chi connectivity index (χ0n) is 14.3. The lowest BCUT2D eigenvalue weighted by Gasteiger charge is -2.15. The van der Waals surface area contributed by atoms with Crippen LogP contribution in [0.1, 0.15) is 16.7 Å². The van der Waals surface area contributed by atoms with Crippen LogP contribution in [0, 0.1) is 0 Å². The van der Waals surface area contributed by atoms with Gasteiger partial charge in [0.25, 0.3) is 0 Å². The summed E-state index contributed by atoms with van der Waals surface area (Å²) in [5, 5.41) is 1.19. The summed E-state index contributed by atoms with van der Waals surface area (Å²) in [4.78, 5) is 5.41. The number of benzene rings is 2. The van der Waals surface area contributed by atoms with Gasteiger partial charge in [0.15, 0.2) is 0 Å². The van der Waals surface area contributed by atoms with Gasteiger partial charge in [-0.15, -0.1) is 12.4 Å². The van der Waals surface area contributed by atoms with Crippen LogP contribution in [0.3, 0.4) is 0 Å². The molecule has 6 heteroatoms. The molecule has 0 saturated heterocycles. The highest BCUT2D eigenvalue weighted by atomic mass is 35.5. The quantitative estimate of drug-likeness (QED) is 0.596. The molecule has 0 radical (unpaired) electrons. The van der Waals surface area contributed by atoms with Gasteiger partial charge >= 0.3 is 6.18 Å². The number of aromatic nitrogens is 1. The Labute approximate surface area is 156 Å². The smallest absolute Gasteiger partial charge is 0.361 e. The molecular weight excluding hydrogens is 361 g/mol. The standard InChI is InChI=1S/C20H19F3N2.ClH/c1-25(14-17-6-2-5-16-11-12-24-19(16)17)13-3-4-15-7-9-18(10-8-15)20(21,22)23;/h2-12,24H,13-14H2,1H3;1H/b4-3+;. The average molecular weight is 381 g/mol. The van der Waals surface area contributed by atoms with Crippen LogP contribution in [0.15, 0.2) is 60.8 Å². The van der Waals surface area contributed by atoms with Crippen molar-refractivity contribution in [2.45, 2.75) is 12.7 Å². The fourth-order valence-electron chi connectivity index (χ4n) is 2.79. The maximum Gasteiger partial charge on any atom is 0.416 e. The molecule has 0 aliphatic carbocycles. The Morgan fingerprint density at radius 3 is 2.46 bits per heavy atom. The van der Waals surface area contributed by atoms with Gasteiger partial charge in [-0.2, -0.15) is 13.2 Å². The first-order valence-corrected chi connectivity index (χ1v) is 8.01. The summed E-state index contributed by atoms with van der Waals surface area (Å²) in [5.74, 6) is 0. The molecule has 3 rings (SSSR count). The highest BCUT2D eigenvalue weighted by Crippen LogP contribution is 2.29. The number of nitrogens with zero attached hydrogens (tertiary/aromatic N) is 1. The van der Waals surface area contributed by atoms with Crippen LogP contribution in [0.25, 0.3) is 17.0 Å². The topological polar surface area (TPSA) is 19.0 Å². The molecule has 2 nitrogen and oxygen atoms in total. The van der Waals surface area contributed by atoms with Crippen LogP contribution in [0.2, 0.25) is 0 Å². The number of H-pyrrole nitrogens is 1. The van der Waals surface area contributed by atoms with E-state index in [0.717, 1.165) is 29.8 Å². The van der Waals surface area contributed by atoms with Gasteiger partial charge in [0, 0.05) is 24.8 Å². The zero-order chi connectivity index (χ0) is 17.9. The first-order chi connectivity index (χ1) is 11.9. The van der Waals surface area contributed by atoms with E-state index in [1.54, 1.807) is 0 Å². The number of aromatic amines is 1. The van der Waals surface area contributed by atoms with E-state index >= 15 is 0 Å². The third-order valence-electron chi connectivity index (χ3n) is 4.08. The van der Waals surface area contributed by atoms with Crippen molar-refractivity contribution in [3.63, 3.8) is 0 Å². The van der Waals surface area contributed by atoms with Gasteiger partial charge in [-0.25, -0.2) is 0 Å². The molecule has 138 valence electrons. The number of para-hydroxylation sites is 1. The third kappa shape index (κ3) is 4.90. The molecule has 3 aromatic rings. The van der Waals surface area contributed by atoms with Crippen LogP contribution in [0.5, 0.6) is 0 Å². The van der Waals surface area contributed by atoms with Gasteiger partial charge in [-0.3, -0.25) is 4.90 Å². The van der Waals surface area contributed by atoms with Crippen molar-refractivity contribution in [2.24, 2.45) is 0 Å². The van der Waals surface area contributed by atoms with Gasteiger partial charge in [-0.1, -0.05) is 42.5 Å². The summed E-state index contributed by atoms with van der Waals surface area (Å²) in [5.41, 5.74) is 2.49. The Morgan fingerprint density at radius 2 is 1.77 bits per heavy atom. The molecule has 0 amide bonds. The van der Waals surface area contributed by atoms with Crippen molar-refractivity contribution >= 4 is 29.4 Å². The second-order valence-corrected chi connectivity index (χ2v) is 6.08. The Bertz CT molecular complexity index is 867. The summed E-state index contributed by atoms with van der Waals surface area (Å²) in [6, 6.07) is 13.4. The van der Waals surface area contributed by atoms with Crippen molar-refractivity contribution in [1.29, 1.82) is 0 Å². The van der Waals surface area contributed by atoms with Gasteiger partial charge in [0.1, 0.15) is 0 Å². The van der Waals surface area contributed by atoms with E-state index < -0.39 is 11.7 Å². The van der Waals surface area contributed by atoms with E-state index in [-0.39, 0.29) is 12.4 Å². The van der Waals surface area contributed by atoms with E-state index in [9.17, 15) is 13.2 Å². The molecule has 0 spiro atoms. The van der Waals surface area contributed by atoms with E-state index in [0.29, 0.717) is 6.54 Å². The van der Waals surface area contributed by atoms with Crippen molar-refractivity contribution in [1.82, 2.24) is 9.88 Å². The lowest BCUT2D eigenvalue weighted by Crippen LogP contribution is -2.17. The first-order valence-electron chi connectivity index (χ1n) is 8.01. The lowest BCUT2D eigenvalue weighted by atomic mass is 10.1. The number of rotatable bonds is 5. The molecule has 1 heterocycles. The van der Waals surface area contributed by atoms with Crippen LogP contribution in [0.4, 0.5) is 13.2 Å². The molecule has 1 N–H and O–H groups in total. The Balaban J connectivity index is 0.00000243. The Hall–Kier alpha value is -2.24. The normalized spacial score (nSPS) is 12.0. The second-order valence-electron chi connectivity index (χ2n) is 6.08. The van der Waals surface area contributed by atoms with E-state index in [4.69, 9.17) is 0 Å². The molecule has 0 saturated carbocycles. The monoisotopic (exact) mass is 380 g/mol. The van der Waals surface area contributed by atoms with E-state index in [1.165, 1.54) is 23.1 Å². The number of hydrogen-bond acceptors (Lipinski definition) is 1. The van der Waals surface area contributed by atoms with Crippen LogP contribution in [-0.2, 0) is 12.7 Å². The van der Waals surface area contributed by atoms with E-state index in [1.807, 2.05) is 37.5 Å². The molecule has 0 aliphatic rings. The highest BCUT2D eigenvalue weighted by molar-refractivity contribution is 5.85. The molecule has 1 aromatic heterocycles. The summed E-state index contributed by atoms with van der Waals surface area (Å²) >= 11 is 0. The summed E-state index contributed by atoms with van der Waals surface area (Å²) < 4.78 is 37.6. The number of halogens is 4. The van der Waals surface area contributed by atoms with Crippen molar-refractivity contribution < 1.29 is 13.2 Å². The molecule has 26 heavy (non-hydrogen) atoms. The Kier molecular flexibility index (Phi) is 6.51. The van der Waals surface area contributed by atoms with E-state index in [2.05, 4.69) is 22.0 Å². The van der Waals surface area contributed by atoms with Crippen LogP contribution < -0.4 is 0 Å². The summed E-state index contributed by atoms with van der Waals surface area (Å²) in [6.45, 7) is 1.49. The summed E-state index contributed by atoms with van der Waals surface area (Å²) in [6.07, 6.45) is 1.43. The average Bonchev–Trinajstić information content (AvgIpc) is 3.04. The van der Waals surface area contributed by atoms with Gasteiger partial charge < -0.3 is 4.98 Å². The number of alkyl halides is 3. The molecule has 0 unspecified atom stereocenters. The number of fused-ring (bicyclic) bond motifs is 1. The molecule has 0 bridgehead atoms. The predicted molar refractivity (Wildman–Crippen MR) is 102 cm³/mol. The maximum atomic E-state index is 12.5. The number of hydrogen-bond donors (Lipinski definition) is 1.